The first kappa shape index (κ1) is 10.6. The van der Waals surface area contributed by atoms with Gasteiger partial charge in [-0.25, -0.2) is 0 Å². The van der Waals surface area contributed by atoms with Crippen molar-refractivity contribution < 1.29 is 9.47 Å². The minimum atomic E-state index is -0.238. The smallest absolute Gasteiger partial charge is 0.220 e. The second-order valence-electron chi connectivity index (χ2n) is 4.08. The lowest BCUT2D eigenvalue weighted by atomic mass is 9.96. The van der Waals surface area contributed by atoms with E-state index in [-0.39, 0.29) is 12.5 Å². The summed E-state index contributed by atoms with van der Waals surface area (Å²) in [5.41, 5.74) is 1.27. The van der Waals surface area contributed by atoms with Gasteiger partial charge in [0.15, 0.2) is 6.79 Å². The molecule has 0 aliphatic carbocycles. The van der Waals surface area contributed by atoms with Crippen molar-refractivity contribution in [2.75, 3.05) is 6.79 Å². The molecular weight excluding hydrogens is 190 g/mol. The zero-order valence-corrected chi connectivity index (χ0v) is 9.14. The number of benzene rings is 1. The second kappa shape index (κ2) is 4.75. The van der Waals surface area contributed by atoms with Crippen molar-refractivity contribution in [3.63, 3.8) is 0 Å². The van der Waals surface area contributed by atoms with Gasteiger partial charge in [0, 0.05) is 6.04 Å². The summed E-state index contributed by atoms with van der Waals surface area (Å²) in [7, 11) is 0. The first-order valence-corrected chi connectivity index (χ1v) is 5.31. The van der Waals surface area contributed by atoms with E-state index in [1.54, 1.807) is 0 Å². The molecular formula is C12H17NO2. The topological polar surface area (TPSA) is 30.5 Å². The molecule has 15 heavy (non-hydrogen) atoms. The van der Waals surface area contributed by atoms with E-state index in [4.69, 9.17) is 9.47 Å². The molecule has 1 N–H and O–H groups in total. The fraction of sp³-hybridized carbons (Fsp3) is 0.500. The summed E-state index contributed by atoms with van der Waals surface area (Å²) in [5, 5.41) is 3.32. The highest BCUT2D eigenvalue weighted by molar-refractivity contribution is 5.19. The Bertz CT molecular complexity index is 296. The fourth-order valence-electron chi connectivity index (χ4n) is 1.71. The lowest BCUT2D eigenvalue weighted by Crippen LogP contribution is -2.46. The monoisotopic (exact) mass is 207 g/mol. The van der Waals surface area contributed by atoms with Crippen molar-refractivity contribution >= 4 is 0 Å². The second-order valence-corrected chi connectivity index (χ2v) is 4.08. The Hall–Kier alpha value is -0.900. The molecule has 3 nitrogen and oxygen atoms in total. The highest BCUT2D eigenvalue weighted by Crippen LogP contribution is 2.23. The van der Waals surface area contributed by atoms with Crippen LogP contribution in [0.1, 0.15) is 25.5 Å². The molecule has 0 radical (unpaired) electrons. The van der Waals surface area contributed by atoms with Gasteiger partial charge in [-0.3, -0.25) is 5.32 Å². The van der Waals surface area contributed by atoms with Crippen LogP contribution >= 0.6 is 0 Å². The SMILES string of the molecule is CC(C)[C@H](NC1OCO1)c1ccccc1. The average Bonchev–Trinajstić information content (AvgIpc) is 2.17. The van der Waals surface area contributed by atoms with Crippen molar-refractivity contribution in [1.82, 2.24) is 5.32 Å². The minimum Gasteiger partial charge on any atom is -0.313 e. The van der Waals surface area contributed by atoms with E-state index in [1.807, 2.05) is 6.07 Å². The molecule has 0 spiro atoms. The number of nitrogens with one attached hydrogen (secondary N) is 1. The molecule has 1 aromatic carbocycles. The van der Waals surface area contributed by atoms with Crippen LogP contribution in [0.3, 0.4) is 0 Å². The van der Waals surface area contributed by atoms with E-state index in [9.17, 15) is 0 Å². The van der Waals surface area contributed by atoms with Gasteiger partial charge in [-0.1, -0.05) is 44.2 Å². The van der Waals surface area contributed by atoms with Crippen LogP contribution in [0.25, 0.3) is 0 Å². The molecule has 1 atom stereocenters. The van der Waals surface area contributed by atoms with Crippen LogP contribution in [0.2, 0.25) is 0 Å². The third-order valence-electron chi connectivity index (χ3n) is 2.58. The number of hydrogen-bond acceptors (Lipinski definition) is 3. The third kappa shape index (κ3) is 2.56. The van der Waals surface area contributed by atoms with Gasteiger partial charge in [-0.15, -0.1) is 0 Å². The van der Waals surface area contributed by atoms with E-state index >= 15 is 0 Å². The zero-order chi connectivity index (χ0) is 10.7. The van der Waals surface area contributed by atoms with Crippen LogP contribution in [0.5, 0.6) is 0 Å². The molecule has 0 unspecified atom stereocenters. The van der Waals surface area contributed by atoms with Gasteiger partial charge in [0.1, 0.15) is 0 Å². The lowest BCUT2D eigenvalue weighted by Gasteiger charge is -2.33. The van der Waals surface area contributed by atoms with Crippen molar-refractivity contribution in [1.29, 1.82) is 0 Å². The number of rotatable bonds is 4. The van der Waals surface area contributed by atoms with Crippen molar-refractivity contribution in [2.45, 2.75) is 26.3 Å². The van der Waals surface area contributed by atoms with Gasteiger partial charge in [-0.05, 0) is 11.5 Å². The Balaban J connectivity index is 2.05. The Morgan fingerprint density at radius 3 is 2.33 bits per heavy atom. The van der Waals surface area contributed by atoms with E-state index in [0.29, 0.717) is 12.7 Å². The summed E-state index contributed by atoms with van der Waals surface area (Å²) < 4.78 is 10.4. The van der Waals surface area contributed by atoms with Gasteiger partial charge >= 0.3 is 0 Å². The molecule has 0 saturated carbocycles. The molecule has 1 aliphatic heterocycles. The van der Waals surface area contributed by atoms with Crippen LogP contribution < -0.4 is 5.32 Å². The maximum Gasteiger partial charge on any atom is 0.220 e. The Labute approximate surface area is 90.4 Å². The first-order chi connectivity index (χ1) is 7.27. The normalized spacial score (nSPS) is 18.9. The quantitative estimate of drug-likeness (QED) is 0.821. The van der Waals surface area contributed by atoms with Crippen molar-refractivity contribution in [3.05, 3.63) is 35.9 Å². The standard InChI is InChI=1S/C12H17NO2/c1-9(2)11(13-12-14-8-15-12)10-6-4-3-5-7-10/h3-7,9,11-13H,8H2,1-2H3/t11-/m0/s1. The van der Waals surface area contributed by atoms with E-state index in [0.717, 1.165) is 0 Å². The van der Waals surface area contributed by atoms with Crippen molar-refractivity contribution in [2.24, 2.45) is 5.92 Å². The van der Waals surface area contributed by atoms with Gasteiger partial charge in [-0.2, -0.15) is 0 Å². The highest BCUT2D eigenvalue weighted by atomic mass is 16.9. The summed E-state index contributed by atoms with van der Waals surface area (Å²) in [6.45, 7) is 4.77. The minimum absolute atomic E-state index is 0.238. The average molecular weight is 207 g/mol. The molecule has 1 aliphatic rings. The molecule has 1 aromatic rings. The fourth-order valence-corrected chi connectivity index (χ4v) is 1.71. The summed E-state index contributed by atoms with van der Waals surface area (Å²) in [4.78, 5) is 0. The molecule has 1 saturated heterocycles. The number of ether oxygens (including phenoxy) is 2. The summed E-state index contributed by atoms with van der Waals surface area (Å²) >= 11 is 0. The molecule has 82 valence electrons. The predicted molar refractivity (Wildman–Crippen MR) is 58.0 cm³/mol. The maximum absolute atomic E-state index is 5.20. The lowest BCUT2D eigenvalue weighted by molar-refractivity contribution is -0.336. The van der Waals surface area contributed by atoms with Gasteiger partial charge in [0.2, 0.25) is 6.41 Å². The van der Waals surface area contributed by atoms with Gasteiger partial charge < -0.3 is 9.47 Å². The molecule has 0 bridgehead atoms. The van der Waals surface area contributed by atoms with Gasteiger partial charge in [0.05, 0.1) is 0 Å². The van der Waals surface area contributed by atoms with E-state index in [1.165, 1.54) is 5.56 Å². The van der Waals surface area contributed by atoms with E-state index in [2.05, 4.69) is 43.4 Å². The van der Waals surface area contributed by atoms with Crippen LogP contribution in [0.15, 0.2) is 30.3 Å². The Morgan fingerprint density at radius 1 is 1.20 bits per heavy atom. The van der Waals surface area contributed by atoms with Gasteiger partial charge in [0.25, 0.3) is 0 Å². The summed E-state index contributed by atoms with van der Waals surface area (Å²) in [6.07, 6.45) is -0.238. The molecule has 0 amide bonds. The van der Waals surface area contributed by atoms with Crippen LogP contribution in [-0.2, 0) is 9.47 Å². The largest absolute Gasteiger partial charge is 0.313 e. The zero-order valence-electron chi connectivity index (χ0n) is 9.14. The highest BCUT2D eigenvalue weighted by Gasteiger charge is 2.25. The molecule has 1 fully saturated rings. The Kier molecular flexibility index (Phi) is 3.36. The molecule has 1 heterocycles. The predicted octanol–water partition coefficient (Wildman–Crippen LogP) is 2.26. The third-order valence-corrected chi connectivity index (χ3v) is 2.58. The summed E-state index contributed by atoms with van der Waals surface area (Å²) in [6, 6.07) is 10.6. The molecule has 3 heteroatoms. The summed E-state index contributed by atoms with van der Waals surface area (Å²) in [5.74, 6) is 0.500. The molecule has 2 rings (SSSR count). The van der Waals surface area contributed by atoms with Crippen LogP contribution in [0.4, 0.5) is 0 Å². The maximum atomic E-state index is 5.20. The van der Waals surface area contributed by atoms with Crippen LogP contribution in [-0.4, -0.2) is 13.2 Å². The van der Waals surface area contributed by atoms with Crippen LogP contribution in [0, 0.1) is 5.92 Å². The van der Waals surface area contributed by atoms with E-state index < -0.39 is 0 Å². The number of hydrogen-bond donors (Lipinski definition) is 1. The first-order valence-electron chi connectivity index (χ1n) is 5.31. The Morgan fingerprint density at radius 2 is 1.87 bits per heavy atom. The molecule has 0 aromatic heterocycles. The van der Waals surface area contributed by atoms with Crippen molar-refractivity contribution in [3.8, 4) is 0 Å².